The zero-order valence-electron chi connectivity index (χ0n) is 17.3. The van der Waals surface area contributed by atoms with Gasteiger partial charge in [-0.05, 0) is 29.7 Å². The summed E-state index contributed by atoms with van der Waals surface area (Å²) in [6.07, 6.45) is 0. The van der Waals surface area contributed by atoms with Crippen LogP contribution in [0.25, 0.3) is 0 Å². The minimum Gasteiger partial charge on any atom is -0.497 e. The second-order valence-corrected chi connectivity index (χ2v) is 7.21. The highest BCUT2D eigenvalue weighted by atomic mass is 16.5. The lowest BCUT2D eigenvalue weighted by Gasteiger charge is -2.31. The average Bonchev–Trinajstić information content (AvgIpc) is 2.81. The van der Waals surface area contributed by atoms with Gasteiger partial charge in [-0.25, -0.2) is 0 Å². The molecule has 7 nitrogen and oxygen atoms in total. The smallest absolute Gasteiger partial charge is 0.257 e. The number of carbonyl (C=O) groups is 2. The first-order chi connectivity index (χ1) is 13.9. The Bertz CT molecular complexity index is 908. The number of nitrogens with one attached hydrogen (secondary N) is 1. The molecule has 0 bridgehead atoms. The van der Waals surface area contributed by atoms with Gasteiger partial charge in [0, 0.05) is 12.6 Å². The predicted molar refractivity (Wildman–Crippen MR) is 110 cm³/mol. The van der Waals surface area contributed by atoms with E-state index >= 15 is 0 Å². The summed E-state index contributed by atoms with van der Waals surface area (Å²) < 4.78 is 15.9. The number of carbonyl (C=O) groups excluding carboxylic acids is 2. The molecular weight excluding hydrogens is 372 g/mol. The molecule has 0 radical (unpaired) electrons. The van der Waals surface area contributed by atoms with E-state index in [1.807, 2.05) is 38.1 Å². The molecule has 0 unspecified atom stereocenters. The van der Waals surface area contributed by atoms with E-state index in [0.717, 1.165) is 11.3 Å². The minimum atomic E-state index is -0.617. The molecule has 1 heterocycles. The standard InChI is InChI=1S/C22H26N2O5/c1-13(2)20-21(25)23-17-11-19(29-5)18(28-4)10-16(17)22(26)24(20)12-14-6-8-15(27-3)9-7-14/h6-11,13,20H,12H2,1-5H3,(H,23,25)/t20-/m0/s1. The van der Waals surface area contributed by atoms with Crippen LogP contribution in [0.3, 0.4) is 0 Å². The topological polar surface area (TPSA) is 77.1 Å². The van der Waals surface area contributed by atoms with E-state index in [0.29, 0.717) is 29.3 Å². The molecule has 3 rings (SSSR count). The third-order valence-electron chi connectivity index (χ3n) is 5.02. The summed E-state index contributed by atoms with van der Waals surface area (Å²) in [6, 6.07) is 10.1. The summed E-state index contributed by atoms with van der Waals surface area (Å²) in [5, 5.41) is 2.89. The van der Waals surface area contributed by atoms with Crippen LogP contribution in [0.2, 0.25) is 0 Å². The van der Waals surface area contributed by atoms with Gasteiger partial charge in [0.15, 0.2) is 11.5 Å². The number of anilines is 1. The average molecular weight is 398 g/mol. The Morgan fingerprint density at radius 2 is 1.59 bits per heavy atom. The molecule has 2 aromatic rings. The Morgan fingerprint density at radius 1 is 0.966 bits per heavy atom. The molecule has 0 saturated heterocycles. The van der Waals surface area contributed by atoms with Crippen molar-refractivity contribution in [2.75, 3.05) is 26.6 Å². The van der Waals surface area contributed by atoms with E-state index in [1.165, 1.54) is 14.2 Å². The SMILES string of the molecule is COc1ccc(CN2C(=O)c3cc(OC)c(OC)cc3NC(=O)[C@@H]2C(C)C)cc1. The lowest BCUT2D eigenvalue weighted by atomic mass is 10.0. The molecule has 1 N–H and O–H groups in total. The van der Waals surface area contributed by atoms with Crippen LogP contribution in [0.15, 0.2) is 36.4 Å². The van der Waals surface area contributed by atoms with E-state index in [1.54, 1.807) is 24.1 Å². The lowest BCUT2D eigenvalue weighted by molar-refractivity contribution is -0.121. The predicted octanol–water partition coefficient (Wildman–Crippen LogP) is 3.33. The van der Waals surface area contributed by atoms with Crippen LogP contribution in [-0.2, 0) is 11.3 Å². The summed E-state index contributed by atoms with van der Waals surface area (Å²) in [5.41, 5.74) is 1.69. The summed E-state index contributed by atoms with van der Waals surface area (Å²) in [4.78, 5) is 28.1. The number of nitrogens with zero attached hydrogens (tertiary/aromatic N) is 1. The maximum Gasteiger partial charge on any atom is 0.257 e. The normalized spacial score (nSPS) is 16.2. The molecular formula is C22H26N2O5. The molecule has 1 aliphatic rings. The first kappa shape index (κ1) is 20.5. The zero-order valence-corrected chi connectivity index (χ0v) is 17.3. The van der Waals surface area contributed by atoms with Crippen LogP contribution in [0.1, 0.15) is 29.8 Å². The number of hydrogen-bond acceptors (Lipinski definition) is 5. The Balaban J connectivity index is 2.06. The number of methoxy groups -OCH3 is 3. The van der Waals surface area contributed by atoms with Gasteiger partial charge in [-0.2, -0.15) is 0 Å². The van der Waals surface area contributed by atoms with Gasteiger partial charge in [-0.15, -0.1) is 0 Å². The van der Waals surface area contributed by atoms with Crippen LogP contribution in [0.5, 0.6) is 17.2 Å². The number of ether oxygens (including phenoxy) is 3. The molecule has 7 heteroatoms. The maximum atomic E-state index is 13.5. The second kappa shape index (κ2) is 8.43. The molecule has 2 aromatic carbocycles. The monoisotopic (exact) mass is 398 g/mol. The third-order valence-corrected chi connectivity index (χ3v) is 5.02. The van der Waals surface area contributed by atoms with E-state index < -0.39 is 6.04 Å². The van der Waals surface area contributed by atoms with E-state index in [9.17, 15) is 9.59 Å². The molecule has 0 aromatic heterocycles. The Kier molecular flexibility index (Phi) is 5.96. The van der Waals surface area contributed by atoms with Crippen molar-refractivity contribution in [2.45, 2.75) is 26.4 Å². The van der Waals surface area contributed by atoms with E-state index in [4.69, 9.17) is 14.2 Å². The van der Waals surface area contributed by atoms with Crippen molar-refractivity contribution in [3.63, 3.8) is 0 Å². The van der Waals surface area contributed by atoms with Crippen LogP contribution < -0.4 is 19.5 Å². The maximum absolute atomic E-state index is 13.5. The fourth-order valence-electron chi connectivity index (χ4n) is 3.55. The summed E-state index contributed by atoms with van der Waals surface area (Å²) in [5.74, 6) is 1.07. The largest absolute Gasteiger partial charge is 0.497 e. The van der Waals surface area contributed by atoms with Gasteiger partial charge >= 0.3 is 0 Å². The lowest BCUT2D eigenvalue weighted by Crippen LogP contribution is -2.47. The van der Waals surface area contributed by atoms with Crippen molar-refractivity contribution >= 4 is 17.5 Å². The number of rotatable bonds is 6. The van der Waals surface area contributed by atoms with Crippen molar-refractivity contribution < 1.29 is 23.8 Å². The van der Waals surface area contributed by atoms with E-state index in [2.05, 4.69) is 5.32 Å². The van der Waals surface area contributed by atoms with Gasteiger partial charge in [0.25, 0.3) is 5.91 Å². The van der Waals surface area contributed by atoms with Gasteiger partial charge in [0.05, 0.1) is 32.6 Å². The van der Waals surface area contributed by atoms with Crippen molar-refractivity contribution in [1.82, 2.24) is 4.90 Å². The van der Waals surface area contributed by atoms with E-state index in [-0.39, 0.29) is 17.7 Å². The third kappa shape index (κ3) is 3.99. The Morgan fingerprint density at radius 3 is 2.14 bits per heavy atom. The van der Waals surface area contributed by atoms with Crippen LogP contribution in [-0.4, -0.2) is 44.1 Å². The van der Waals surface area contributed by atoms with Crippen molar-refractivity contribution in [3.05, 3.63) is 47.5 Å². The zero-order chi connectivity index (χ0) is 21.1. The fraction of sp³-hybridized carbons (Fsp3) is 0.364. The van der Waals surface area contributed by atoms with Crippen LogP contribution >= 0.6 is 0 Å². The Labute approximate surface area is 170 Å². The second-order valence-electron chi connectivity index (χ2n) is 7.21. The highest BCUT2D eigenvalue weighted by Gasteiger charge is 2.38. The Hall–Kier alpha value is -3.22. The van der Waals surface area contributed by atoms with Crippen molar-refractivity contribution in [1.29, 1.82) is 0 Å². The molecule has 1 aliphatic heterocycles. The quantitative estimate of drug-likeness (QED) is 0.808. The minimum absolute atomic E-state index is 0.0738. The highest BCUT2D eigenvalue weighted by Crippen LogP contribution is 2.36. The molecule has 0 saturated carbocycles. The van der Waals surface area contributed by atoms with Gasteiger partial charge in [0.2, 0.25) is 5.91 Å². The molecule has 154 valence electrons. The number of fused-ring (bicyclic) bond motifs is 1. The fourth-order valence-corrected chi connectivity index (χ4v) is 3.55. The van der Waals surface area contributed by atoms with Gasteiger partial charge in [-0.1, -0.05) is 26.0 Å². The first-order valence-electron chi connectivity index (χ1n) is 9.40. The number of benzene rings is 2. The van der Waals surface area contributed by atoms with Gasteiger partial charge < -0.3 is 24.4 Å². The molecule has 0 fully saturated rings. The summed E-state index contributed by atoms with van der Waals surface area (Å²) in [7, 11) is 4.62. The van der Waals surface area contributed by atoms with Crippen molar-refractivity contribution in [3.8, 4) is 17.2 Å². The summed E-state index contributed by atoms with van der Waals surface area (Å²) >= 11 is 0. The number of hydrogen-bond donors (Lipinski definition) is 1. The van der Waals surface area contributed by atoms with Crippen molar-refractivity contribution in [2.24, 2.45) is 5.92 Å². The van der Waals surface area contributed by atoms with Crippen LogP contribution in [0.4, 0.5) is 5.69 Å². The van der Waals surface area contributed by atoms with Crippen LogP contribution in [0, 0.1) is 5.92 Å². The molecule has 2 amide bonds. The number of amides is 2. The molecule has 0 spiro atoms. The highest BCUT2D eigenvalue weighted by molar-refractivity contribution is 6.10. The van der Waals surface area contributed by atoms with Gasteiger partial charge in [-0.3, -0.25) is 9.59 Å². The molecule has 29 heavy (non-hydrogen) atoms. The first-order valence-corrected chi connectivity index (χ1v) is 9.40. The van der Waals surface area contributed by atoms with Gasteiger partial charge in [0.1, 0.15) is 11.8 Å². The summed E-state index contributed by atoms with van der Waals surface area (Å²) in [6.45, 7) is 4.15. The molecule has 0 aliphatic carbocycles. The molecule has 1 atom stereocenters.